The summed E-state index contributed by atoms with van der Waals surface area (Å²) in [6.07, 6.45) is 10.9. The molecule has 0 fully saturated rings. The molecule has 0 aliphatic rings. The first kappa shape index (κ1) is 22.4. The Balaban J connectivity index is 1.70. The van der Waals surface area contributed by atoms with E-state index in [0.717, 1.165) is 0 Å². The van der Waals surface area contributed by atoms with Crippen molar-refractivity contribution < 1.29 is 0 Å². The first-order valence-corrected chi connectivity index (χ1v) is 13.5. The predicted molar refractivity (Wildman–Crippen MR) is 140 cm³/mol. The third kappa shape index (κ3) is 6.37. The van der Waals surface area contributed by atoms with Crippen molar-refractivity contribution in [1.82, 2.24) is 0 Å². The number of unbranched alkanes of at least 4 members (excludes halogenated alkanes) is 1. The molecule has 1 unspecified atom stereocenters. The first-order chi connectivity index (χ1) is 14.8. The van der Waals surface area contributed by atoms with E-state index < -0.39 is 0 Å². The molecule has 0 spiro atoms. The Bertz CT molecular complexity index is 891. The van der Waals surface area contributed by atoms with Gasteiger partial charge in [0, 0.05) is 0 Å². The molecular weight excluding hydrogens is 398 g/mol. The molecule has 0 nitrogen and oxygen atoms in total. The standard InChI is InChI=1S/C28H30P2/c1-3-16-25(4-2)29(26-17-8-5-9-18-26)23-14-15-24-30(27-19-10-6-11-20-27)28-21-12-7-13-22-28/h3-13,16-22H,1-2,14-15,23-24H2/b25-16+. The van der Waals surface area contributed by atoms with Gasteiger partial charge in [0.15, 0.2) is 0 Å². The lowest BCUT2D eigenvalue weighted by molar-refractivity contribution is 0.901. The van der Waals surface area contributed by atoms with Crippen LogP contribution in [0.3, 0.4) is 0 Å². The van der Waals surface area contributed by atoms with Crippen LogP contribution in [0.2, 0.25) is 0 Å². The smallest absolute Gasteiger partial charge is 0.0195 e. The molecule has 3 aromatic rings. The van der Waals surface area contributed by atoms with Crippen LogP contribution in [-0.2, 0) is 0 Å². The number of rotatable bonds is 11. The van der Waals surface area contributed by atoms with E-state index >= 15 is 0 Å². The summed E-state index contributed by atoms with van der Waals surface area (Å²) in [5.41, 5.74) is 0. The average molecular weight is 428 g/mol. The summed E-state index contributed by atoms with van der Waals surface area (Å²) in [4.78, 5) is 0. The second kappa shape index (κ2) is 12.4. The van der Waals surface area contributed by atoms with Gasteiger partial charge in [-0.3, -0.25) is 0 Å². The molecule has 0 heterocycles. The molecule has 0 aromatic heterocycles. The Labute approximate surface area is 184 Å². The minimum Gasteiger partial charge on any atom is -0.0990 e. The van der Waals surface area contributed by atoms with Crippen molar-refractivity contribution in [2.45, 2.75) is 12.8 Å². The van der Waals surface area contributed by atoms with Gasteiger partial charge in [0.2, 0.25) is 0 Å². The zero-order valence-corrected chi connectivity index (χ0v) is 19.3. The summed E-state index contributed by atoms with van der Waals surface area (Å²) in [5, 5.41) is 5.69. The maximum atomic E-state index is 4.07. The van der Waals surface area contributed by atoms with E-state index in [2.05, 4.69) is 110 Å². The molecule has 3 aromatic carbocycles. The molecule has 0 saturated heterocycles. The van der Waals surface area contributed by atoms with Crippen molar-refractivity contribution in [2.24, 2.45) is 0 Å². The summed E-state index contributed by atoms with van der Waals surface area (Å²) >= 11 is 0. The lowest BCUT2D eigenvalue weighted by Gasteiger charge is -2.21. The van der Waals surface area contributed by atoms with Crippen molar-refractivity contribution in [3.05, 3.63) is 128 Å². The van der Waals surface area contributed by atoms with Crippen LogP contribution in [-0.4, -0.2) is 12.3 Å². The molecule has 0 aliphatic carbocycles. The summed E-state index contributed by atoms with van der Waals surface area (Å²) in [6.45, 7) is 7.97. The molecule has 0 aliphatic heterocycles. The van der Waals surface area contributed by atoms with Gasteiger partial charge in [0.25, 0.3) is 0 Å². The highest BCUT2D eigenvalue weighted by atomic mass is 31.1. The third-order valence-corrected chi connectivity index (χ3v) is 10.3. The van der Waals surface area contributed by atoms with Crippen LogP contribution >= 0.6 is 15.8 Å². The van der Waals surface area contributed by atoms with Gasteiger partial charge in [-0.2, -0.15) is 0 Å². The van der Waals surface area contributed by atoms with E-state index in [1.54, 1.807) is 0 Å². The Morgan fingerprint density at radius 1 is 0.633 bits per heavy atom. The van der Waals surface area contributed by atoms with Crippen LogP contribution in [0.4, 0.5) is 0 Å². The normalized spacial score (nSPS) is 12.5. The fourth-order valence-electron chi connectivity index (χ4n) is 3.57. The van der Waals surface area contributed by atoms with E-state index in [4.69, 9.17) is 0 Å². The van der Waals surface area contributed by atoms with E-state index in [-0.39, 0.29) is 15.8 Å². The molecule has 2 heteroatoms. The Morgan fingerprint density at radius 2 is 1.10 bits per heavy atom. The quantitative estimate of drug-likeness (QED) is 0.176. The maximum Gasteiger partial charge on any atom is -0.0195 e. The molecular formula is C28H30P2. The molecule has 152 valence electrons. The highest BCUT2D eigenvalue weighted by molar-refractivity contribution is 7.73. The highest BCUT2D eigenvalue weighted by Gasteiger charge is 2.16. The van der Waals surface area contributed by atoms with Gasteiger partial charge < -0.3 is 0 Å². The maximum absolute atomic E-state index is 4.07. The van der Waals surface area contributed by atoms with Gasteiger partial charge in [-0.05, 0) is 62.2 Å². The molecule has 3 rings (SSSR count). The fourth-order valence-corrected chi connectivity index (χ4v) is 8.38. The van der Waals surface area contributed by atoms with Crippen molar-refractivity contribution in [1.29, 1.82) is 0 Å². The van der Waals surface area contributed by atoms with Gasteiger partial charge in [0.1, 0.15) is 0 Å². The topological polar surface area (TPSA) is 0 Å². The van der Waals surface area contributed by atoms with Crippen LogP contribution in [0, 0.1) is 0 Å². The van der Waals surface area contributed by atoms with E-state index in [9.17, 15) is 0 Å². The SMILES string of the molecule is C=C/C=C(\C=C)P(CCCCP(c1ccccc1)c1ccccc1)c1ccccc1. The molecule has 1 atom stereocenters. The Kier molecular flexibility index (Phi) is 9.30. The number of allylic oxidation sites excluding steroid dienone is 4. The number of hydrogen-bond donors (Lipinski definition) is 0. The summed E-state index contributed by atoms with van der Waals surface area (Å²) in [7, 11) is -0.691. The van der Waals surface area contributed by atoms with Gasteiger partial charge in [0.05, 0.1) is 0 Å². The monoisotopic (exact) mass is 428 g/mol. The predicted octanol–water partition coefficient (Wildman–Crippen LogP) is 6.96. The lowest BCUT2D eigenvalue weighted by atomic mass is 10.4. The number of benzene rings is 3. The lowest BCUT2D eigenvalue weighted by Crippen LogP contribution is -2.14. The van der Waals surface area contributed by atoms with Crippen molar-refractivity contribution in [2.75, 3.05) is 12.3 Å². The Morgan fingerprint density at radius 3 is 1.57 bits per heavy atom. The van der Waals surface area contributed by atoms with Crippen LogP contribution in [0.5, 0.6) is 0 Å². The van der Waals surface area contributed by atoms with Crippen molar-refractivity contribution in [3.63, 3.8) is 0 Å². The number of hydrogen-bond acceptors (Lipinski definition) is 0. The molecule has 0 amide bonds. The Hall–Kier alpha value is -2.26. The second-order valence-electron chi connectivity index (χ2n) is 7.05. The van der Waals surface area contributed by atoms with Gasteiger partial charge in [-0.1, -0.05) is 122 Å². The first-order valence-electron chi connectivity index (χ1n) is 10.5. The van der Waals surface area contributed by atoms with Crippen LogP contribution in [0.1, 0.15) is 12.8 Å². The summed E-state index contributed by atoms with van der Waals surface area (Å²) in [5.74, 6) is 0. The molecule has 0 bridgehead atoms. The molecule has 0 N–H and O–H groups in total. The second-order valence-corrected chi connectivity index (χ2v) is 11.7. The van der Waals surface area contributed by atoms with Crippen LogP contribution in [0.15, 0.2) is 128 Å². The average Bonchev–Trinajstić information content (AvgIpc) is 2.82. The fraction of sp³-hybridized carbons (Fsp3) is 0.143. The zero-order chi connectivity index (χ0) is 21.0. The molecule has 0 radical (unpaired) electrons. The van der Waals surface area contributed by atoms with E-state index in [0.29, 0.717) is 0 Å². The third-order valence-electron chi connectivity index (χ3n) is 5.03. The summed E-state index contributed by atoms with van der Waals surface area (Å²) in [6, 6.07) is 32.9. The minimum atomic E-state index is -0.386. The van der Waals surface area contributed by atoms with Gasteiger partial charge >= 0.3 is 0 Å². The van der Waals surface area contributed by atoms with Gasteiger partial charge in [-0.25, -0.2) is 0 Å². The minimum absolute atomic E-state index is 0.305. The van der Waals surface area contributed by atoms with Crippen LogP contribution in [0.25, 0.3) is 0 Å². The summed E-state index contributed by atoms with van der Waals surface area (Å²) < 4.78 is 0. The molecule has 0 saturated carbocycles. The zero-order valence-electron chi connectivity index (χ0n) is 17.5. The molecule has 30 heavy (non-hydrogen) atoms. The largest absolute Gasteiger partial charge is 0.0990 e. The van der Waals surface area contributed by atoms with E-state index in [1.165, 1.54) is 46.4 Å². The van der Waals surface area contributed by atoms with Crippen LogP contribution < -0.4 is 15.9 Å². The van der Waals surface area contributed by atoms with E-state index in [1.807, 2.05) is 12.2 Å². The van der Waals surface area contributed by atoms with Crippen molar-refractivity contribution >= 4 is 31.8 Å². The van der Waals surface area contributed by atoms with Crippen molar-refractivity contribution in [3.8, 4) is 0 Å². The van der Waals surface area contributed by atoms with Gasteiger partial charge in [-0.15, -0.1) is 0 Å². The highest BCUT2D eigenvalue weighted by Crippen LogP contribution is 2.45.